The number of methoxy groups -OCH3 is 1. The van der Waals surface area contributed by atoms with Crippen LogP contribution in [0.3, 0.4) is 0 Å². The Morgan fingerprint density at radius 3 is 2.87 bits per heavy atom. The Bertz CT molecular complexity index is 805. The lowest BCUT2D eigenvalue weighted by Crippen LogP contribution is -2.15. The van der Waals surface area contributed by atoms with Crippen LogP contribution in [0.25, 0.3) is 10.6 Å². The third kappa shape index (κ3) is 3.89. The van der Waals surface area contributed by atoms with Crippen LogP contribution in [0.2, 0.25) is 0 Å². The highest BCUT2D eigenvalue weighted by atomic mass is 32.1. The van der Waals surface area contributed by atoms with Crippen molar-refractivity contribution in [2.75, 3.05) is 12.4 Å². The van der Waals surface area contributed by atoms with E-state index in [4.69, 9.17) is 4.74 Å². The Kier molecular flexibility index (Phi) is 4.58. The van der Waals surface area contributed by atoms with Gasteiger partial charge in [-0.25, -0.2) is 15.0 Å². The van der Waals surface area contributed by atoms with Crippen molar-refractivity contribution >= 4 is 23.1 Å². The zero-order valence-electron chi connectivity index (χ0n) is 12.4. The highest BCUT2D eigenvalue weighted by Gasteiger charge is 2.10. The van der Waals surface area contributed by atoms with Crippen LogP contribution in [-0.2, 0) is 11.2 Å². The van der Waals surface area contributed by atoms with E-state index in [1.54, 1.807) is 6.07 Å². The molecule has 0 aliphatic rings. The fourth-order valence-corrected chi connectivity index (χ4v) is 2.80. The number of aromatic nitrogens is 3. The van der Waals surface area contributed by atoms with Gasteiger partial charge in [-0.05, 0) is 0 Å². The quantitative estimate of drug-likeness (QED) is 0.780. The largest absolute Gasteiger partial charge is 0.481 e. The van der Waals surface area contributed by atoms with Gasteiger partial charge in [0.2, 0.25) is 11.8 Å². The molecule has 0 fully saturated rings. The maximum atomic E-state index is 12.1. The number of hydrogen-bond donors (Lipinski definition) is 1. The molecule has 0 aliphatic heterocycles. The summed E-state index contributed by atoms with van der Waals surface area (Å²) in [5, 5.41) is 5.50. The maximum Gasteiger partial charge on any atom is 0.231 e. The van der Waals surface area contributed by atoms with Gasteiger partial charge in [-0.3, -0.25) is 4.79 Å². The molecule has 0 aliphatic carbocycles. The van der Waals surface area contributed by atoms with E-state index in [0.717, 1.165) is 16.3 Å². The molecular weight excluding hydrogens is 312 g/mol. The number of anilines is 1. The molecule has 1 aromatic carbocycles. The van der Waals surface area contributed by atoms with Gasteiger partial charge in [0, 0.05) is 17.0 Å². The van der Waals surface area contributed by atoms with Crippen LogP contribution in [-0.4, -0.2) is 28.0 Å². The van der Waals surface area contributed by atoms with Gasteiger partial charge in [-0.15, -0.1) is 11.3 Å². The first-order valence-corrected chi connectivity index (χ1v) is 7.78. The lowest BCUT2D eigenvalue weighted by Gasteiger charge is -2.04. The number of nitrogens with zero attached hydrogens (tertiary/aromatic N) is 3. The van der Waals surface area contributed by atoms with Gasteiger partial charge in [-0.2, -0.15) is 0 Å². The van der Waals surface area contributed by atoms with Crippen molar-refractivity contribution in [2.45, 2.75) is 6.42 Å². The van der Waals surface area contributed by atoms with Crippen LogP contribution < -0.4 is 10.1 Å². The minimum Gasteiger partial charge on any atom is -0.481 e. The summed E-state index contributed by atoms with van der Waals surface area (Å²) in [4.78, 5) is 24.4. The molecule has 23 heavy (non-hydrogen) atoms. The van der Waals surface area contributed by atoms with E-state index in [9.17, 15) is 4.79 Å². The Labute approximate surface area is 137 Å². The zero-order valence-corrected chi connectivity index (χ0v) is 13.2. The van der Waals surface area contributed by atoms with Gasteiger partial charge >= 0.3 is 0 Å². The number of rotatable bonds is 5. The number of thiazole rings is 1. The SMILES string of the molecule is COc1cc(NC(=O)Cc2csc(-c3ccccc3)n2)ncn1. The first-order chi connectivity index (χ1) is 11.2. The lowest BCUT2D eigenvalue weighted by atomic mass is 10.2. The Hall–Kier alpha value is -2.80. The fourth-order valence-electron chi connectivity index (χ4n) is 1.97. The molecule has 0 saturated carbocycles. The zero-order chi connectivity index (χ0) is 16.1. The van der Waals surface area contributed by atoms with Gasteiger partial charge in [-0.1, -0.05) is 30.3 Å². The highest BCUT2D eigenvalue weighted by molar-refractivity contribution is 7.13. The number of amides is 1. The minimum absolute atomic E-state index is 0.185. The topological polar surface area (TPSA) is 77.0 Å². The number of carbonyl (C=O) groups excluding carboxylic acids is 1. The summed E-state index contributed by atoms with van der Waals surface area (Å²) in [7, 11) is 1.51. The lowest BCUT2D eigenvalue weighted by molar-refractivity contribution is -0.115. The summed E-state index contributed by atoms with van der Waals surface area (Å²) in [5.41, 5.74) is 1.78. The van der Waals surface area contributed by atoms with Gasteiger partial charge in [0.25, 0.3) is 0 Å². The number of ether oxygens (including phenoxy) is 1. The average Bonchev–Trinajstić information content (AvgIpc) is 3.04. The van der Waals surface area contributed by atoms with Crippen LogP contribution in [0.5, 0.6) is 5.88 Å². The Morgan fingerprint density at radius 2 is 2.09 bits per heavy atom. The average molecular weight is 326 g/mol. The summed E-state index contributed by atoms with van der Waals surface area (Å²) in [6.45, 7) is 0. The highest BCUT2D eigenvalue weighted by Crippen LogP contribution is 2.23. The first kappa shape index (κ1) is 15.1. The number of nitrogens with one attached hydrogen (secondary N) is 1. The first-order valence-electron chi connectivity index (χ1n) is 6.90. The van der Waals surface area contributed by atoms with Crippen molar-refractivity contribution in [3.63, 3.8) is 0 Å². The molecule has 0 radical (unpaired) electrons. The van der Waals surface area contributed by atoms with Crippen molar-refractivity contribution < 1.29 is 9.53 Å². The molecule has 3 aromatic rings. The summed E-state index contributed by atoms with van der Waals surface area (Å²) in [6, 6.07) is 11.4. The second-order valence-electron chi connectivity index (χ2n) is 4.68. The predicted molar refractivity (Wildman–Crippen MR) is 88.5 cm³/mol. The van der Waals surface area contributed by atoms with E-state index in [1.165, 1.54) is 24.8 Å². The Morgan fingerprint density at radius 1 is 1.26 bits per heavy atom. The van der Waals surface area contributed by atoms with Crippen LogP contribution in [0.4, 0.5) is 5.82 Å². The van der Waals surface area contributed by atoms with Gasteiger partial charge < -0.3 is 10.1 Å². The predicted octanol–water partition coefficient (Wildman–Crippen LogP) is 2.79. The van der Waals surface area contributed by atoms with Crippen LogP contribution in [0.15, 0.2) is 48.1 Å². The molecule has 3 rings (SSSR count). The molecule has 0 spiro atoms. The molecule has 2 heterocycles. The fraction of sp³-hybridized carbons (Fsp3) is 0.125. The monoisotopic (exact) mass is 326 g/mol. The van der Waals surface area contributed by atoms with E-state index in [1.807, 2.05) is 35.7 Å². The molecule has 0 atom stereocenters. The minimum atomic E-state index is -0.185. The van der Waals surface area contributed by atoms with Gasteiger partial charge in [0.05, 0.1) is 19.2 Å². The van der Waals surface area contributed by atoms with Crippen molar-refractivity contribution in [3.05, 3.63) is 53.8 Å². The molecule has 7 heteroatoms. The van der Waals surface area contributed by atoms with Crippen LogP contribution in [0, 0.1) is 0 Å². The summed E-state index contributed by atoms with van der Waals surface area (Å²) >= 11 is 1.52. The maximum absolute atomic E-state index is 12.1. The van der Waals surface area contributed by atoms with Crippen LogP contribution >= 0.6 is 11.3 Å². The number of carbonyl (C=O) groups is 1. The molecule has 0 unspecified atom stereocenters. The second kappa shape index (κ2) is 6.97. The summed E-state index contributed by atoms with van der Waals surface area (Å²) in [6.07, 6.45) is 1.53. The molecule has 2 aromatic heterocycles. The summed E-state index contributed by atoms with van der Waals surface area (Å²) < 4.78 is 4.99. The smallest absolute Gasteiger partial charge is 0.231 e. The van der Waals surface area contributed by atoms with E-state index in [2.05, 4.69) is 20.3 Å². The van der Waals surface area contributed by atoms with Crippen molar-refractivity contribution in [1.82, 2.24) is 15.0 Å². The van der Waals surface area contributed by atoms with Crippen molar-refractivity contribution in [1.29, 1.82) is 0 Å². The molecule has 6 nitrogen and oxygen atoms in total. The van der Waals surface area contributed by atoms with Crippen molar-refractivity contribution in [2.24, 2.45) is 0 Å². The number of benzene rings is 1. The van der Waals surface area contributed by atoms with Gasteiger partial charge in [0.1, 0.15) is 17.2 Å². The van der Waals surface area contributed by atoms with E-state index in [-0.39, 0.29) is 12.3 Å². The molecule has 1 amide bonds. The van der Waals surface area contributed by atoms with Gasteiger partial charge in [0.15, 0.2) is 0 Å². The second-order valence-corrected chi connectivity index (χ2v) is 5.54. The molecule has 116 valence electrons. The van der Waals surface area contributed by atoms with E-state index in [0.29, 0.717) is 11.7 Å². The molecule has 1 N–H and O–H groups in total. The van der Waals surface area contributed by atoms with E-state index >= 15 is 0 Å². The molecule has 0 saturated heterocycles. The molecule has 0 bridgehead atoms. The summed E-state index contributed by atoms with van der Waals surface area (Å²) in [5.74, 6) is 0.617. The van der Waals surface area contributed by atoms with Crippen LogP contribution in [0.1, 0.15) is 5.69 Å². The van der Waals surface area contributed by atoms with E-state index < -0.39 is 0 Å². The molecular formula is C16H14N4O2S. The third-order valence-corrected chi connectivity index (χ3v) is 3.97. The number of hydrogen-bond acceptors (Lipinski definition) is 6. The Balaban J connectivity index is 1.65. The standard InChI is InChI=1S/C16H14N4O2S/c1-22-15-8-13(17-10-18-15)20-14(21)7-12-9-23-16(19-12)11-5-3-2-4-6-11/h2-6,8-10H,7H2,1H3,(H,17,18,20,21). The third-order valence-electron chi connectivity index (χ3n) is 3.03. The van der Waals surface area contributed by atoms with Crippen molar-refractivity contribution in [3.8, 4) is 16.5 Å². The normalized spacial score (nSPS) is 10.3.